The third kappa shape index (κ3) is 2.66. The van der Waals surface area contributed by atoms with Gasteiger partial charge < -0.3 is 9.63 Å². The number of hydrogen-bond donors (Lipinski definition) is 2. The molecule has 0 aliphatic heterocycles. The number of hydrogen-bond acceptors (Lipinski definition) is 6. The van der Waals surface area contributed by atoms with E-state index in [0.29, 0.717) is 5.89 Å². The van der Waals surface area contributed by atoms with Crippen molar-refractivity contribution in [2.24, 2.45) is 0 Å². The summed E-state index contributed by atoms with van der Waals surface area (Å²) in [5.41, 5.74) is 0. The van der Waals surface area contributed by atoms with Gasteiger partial charge in [0.1, 0.15) is 10.6 Å². The molecule has 0 aliphatic rings. The van der Waals surface area contributed by atoms with E-state index in [1.165, 1.54) is 24.3 Å². The lowest BCUT2D eigenvalue weighted by atomic mass is 10.3. The minimum Gasteiger partial charge on any atom is -0.507 e. The molecule has 0 bridgehead atoms. The summed E-state index contributed by atoms with van der Waals surface area (Å²) in [4.78, 5) is 3.67. The minimum absolute atomic E-state index is 0.103. The Morgan fingerprint density at radius 3 is 2.72 bits per heavy atom. The van der Waals surface area contributed by atoms with Crippen LogP contribution >= 0.6 is 0 Å². The maximum atomic E-state index is 11.9. The summed E-state index contributed by atoms with van der Waals surface area (Å²) < 4.78 is 30.7. The second-order valence-electron chi connectivity index (χ2n) is 3.52. The molecule has 0 unspecified atom stereocenters. The summed E-state index contributed by atoms with van der Waals surface area (Å²) in [6, 6.07) is 5.66. The molecule has 18 heavy (non-hydrogen) atoms. The highest BCUT2D eigenvalue weighted by molar-refractivity contribution is 7.89. The van der Waals surface area contributed by atoms with Crippen LogP contribution in [0.1, 0.15) is 11.7 Å². The third-order valence-electron chi connectivity index (χ3n) is 2.14. The fourth-order valence-electron chi connectivity index (χ4n) is 1.33. The van der Waals surface area contributed by atoms with E-state index in [1.807, 2.05) is 0 Å². The Balaban J connectivity index is 2.16. The predicted molar refractivity (Wildman–Crippen MR) is 61.2 cm³/mol. The Kier molecular flexibility index (Phi) is 3.30. The number of phenols is 1. The highest BCUT2D eigenvalue weighted by Crippen LogP contribution is 2.21. The number of benzene rings is 1. The van der Waals surface area contributed by atoms with Gasteiger partial charge in [-0.05, 0) is 12.1 Å². The van der Waals surface area contributed by atoms with E-state index in [1.54, 1.807) is 6.92 Å². The largest absolute Gasteiger partial charge is 0.507 e. The van der Waals surface area contributed by atoms with Crippen LogP contribution in [0.2, 0.25) is 0 Å². The van der Waals surface area contributed by atoms with Gasteiger partial charge in [-0.25, -0.2) is 13.1 Å². The van der Waals surface area contributed by atoms with E-state index in [-0.39, 0.29) is 23.0 Å². The van der Waals surface area contributed by atoms with Gasteiger partial charge in [-0.15, -0.1) is 0 Å². The molecule has 0 radical (unpaired) electrons. The second-order valence-corrected chi connectivity index (χ2v) is 5.26. The number of nitrogens with zero attached hydrogens (tertiary/aromatic N) is 2. The molecular formula is C10H11N3O4S. The van der Waals surface area contributed by atoms with Crippen molar-refractivity contribution >= 4 is 10.0 Å². The van der Waals surface area contributed by atoms with Gasteiger partial charge in [0, 0.05) is 6.92 Å². The van der Waals surface area contributed by atoms with Crippen molar-refractivity contribution in [2.45, 2.75) is 18.4 Å². The van der Waals surface area contributed by atoms with Crippen LogP contribution in [0.4, 0.5) is 0 Å². The van der Waals surface area contributed by atoms with Crippen molar-refractivity contribution < 1.29 is 18.0 Å². The van der Waals surface area contributed by atoms with Gasteiger partial charge >= 0.3 is 0 Å². The first kappa shape index (κ1) is 12.5. The Labute approximate surface area is 104 Å². The summed E-state index contributed by atoms with van der Waals surface area (Å²) in [5.74, 6) is 0.271. The molecule has 0 aliphatic carbocycles. The van der Waals surface area contributed by atoms with Crippen LogP contribution in [0.5, 0.6) is 5.75 Å². The maximum absolute atomic E-state index is 11.9. The van der Waals surface area contributed by atoms with E-state index in [0.717, 1.165) is 0 Å². The van der Waals surface area contributed by atoms with Crippen LogP contribution in [0.25, 0.3) is 0 Å². The van der Waals surface area contributed by atoms with Crippen molar-refractivity contribution in [3.05, 3.63) is 36.0 Å². The topological polar surface area (TPSA) is 105 Å². The molecule has 0 fully saturated rings. The molecule has 2 rings (SSSR count). The number of aryl methyl sites for hydroxylation is 1. The first-order valence-corrected chi connectivity index (χ1v) is 6.54. The van der Waals surface area contributed by atoms with Gasteiger partial charge in [0.25, 0.3) is 0 Å². The summed E-state index contributed by atoms with van der Waals surface area (Å²) >= 11 is 0. The molecule has 8 heteroatoms. The number of aromatic nitrogens is 2. The Bertz CT molecular complexity index is 651. The average Bonchev–Trinajstić information content (AvgIpc) is 2.73. The lowest BCUT2D eigenvalue weighted by Gasteiger charge is -2.06. The monoisotopic (exact) mass is 269 g/mol. The van der Waals surface area contributed by atoms with Crippen molar-refractivity contribution in [1.82, 2.24) is 14.9 Å². The summed E-state index contributed by atoms with van der Waals surface area (Å²) in [6.07, 6.45) is 0. The van der Waals surface area contributed by atoms with Gasteiger partial charge in [0.15, 0.2) is 5.82 Å². The standard InChI is InChI=1S/C10H11N3O4S/c1-7-12-10(13-17-7)6-11-18(15,16)9-5-3-2-4-8(9)14/h2-5,11,14H,6H2,1H3. The molecule has 1 aromatic carbocycles. The smallest absolute Gasteiger partial charge is 0.244 e. The quantitative estimate of drug-likeness (QED) is 0.840. The summed E-state index contributed by atoms with van der Waals surface area (Å²) in [6.45, 7) is 1.50. The van der Waals surface area contributed by atoms with Gasteiger partial charge in [-0.1, -0.05) is 17.3 Å². The zero-order chi connectivity index (χ0) is 13.2. The second kappa shape index (κ2) is 4.75. The van der Waals surface area contributed by atoms with E-state index in [2.05, 4.69) is 14.9 Å². The Morgan fingerprint density at radius 2 is 2.11 bits per heavy atom. The number of rotatable bonds is 4. The van der Waals surface area contributed by atoms with Gasteiger partial charge in [0.05, 0.1) is 6.54 Å². The molecule has 0 amide bonds. The lowest BCUT2D eigenvalue weighted by Crippen LogP contribution is -2.23. The molecule has 1 heterocycles. The van der Waals surface area contributed by atoms with Crippen molar-refractivity contribution in [3.63, 3.8) is 0 Å². The SMILES string of the molecule is Cc1nc(CNS(=O)(=O)c2ccccc2O)no1. The highest BCUT2D eigenvalue weighted by Gasteiger charge is 2.18. The minimum atomic E-state index is -3.80. The molecule has 2 aromatic rings. The zero-order valence-electron chi connectivity index (χ0n) is 9.49. The van der Waals surface area contributed by atoms with E-state index >= 15 is 0 Å². The van der Waals surface area contributed by atoms with Crippen LogP contribution in [-0.4, -0.2) is 23.7 Å². The molecule has 0 spiro atoms. The van der Waals surface area contributed by atoms with E-state index in [9.17, 15) is 13.5 Å². The molecule has 96 valence electrons. The molecule has 0 atom stereocenters. The first-order valence-electron chi connectivity index (χ1n) is 5.06. The van der Waals surface area contributed by atoms with E-state index in [4.69, 9.17) is 4.52 Å². The number of sulfonamides is 1. The third-order valence-corrected chi connectivity index (χ3v) is 3.59. The van der Waals surface area contributed by atoms with E-state index < -0.39 is 10.0 Å². The van der Waals surface area contributed by atoms with Crippen molar-refractivity contribution in [1.29, 1.82) is 0 Å². The molecule has 2 N–H and O–H groups in total. The predicted octanol–water partition coefficient (Wildman–Crippen LogP) is 0.562. The Hall–Kier alpha value is -1.93. The molecule has 0 saturated heterocycles. The molecule has 7 nitrogen and oxygen atoms in total. The lowest BCUT2D eigenvalue weighted by molar-refractivity contribution is 0.387. The van der Waals surface area contributed by atoms with Crippen LogP contribution in [0.15, 0.2) is 33.7 Å². The van der Waals surface area contributed by atoms with Gasteiger partial charge in [-0.3, -0.25) is 0 Å². The van der Waals surface area contributed by atoms with Crippen LogP contribution in [0, 0.1) is 6.92 Å². The van der Waals surface area contributed by atoms with Crippen LogP contribution in [0.3, 0.4) is 0 Å². The average molecular weight is 269 g/mol. The number of para-hydroxylation sites is 1. The van der Waals surface area contributed by atoms with Gasteiger partial charge in [-0.2, -0.15) is 4.98 Å². The number of phenolic OH excluding ortho intramolecular Hbond substituents is 1. The fraction of sp³-hybridized carbons (Fsp3) is 0.200. The van der Waals surface area contributed by atoms with Crippen molar-refractivity contribution in [2.75, 3.05) is 0 Å². The zero-order valence-corrected chi connectivity index (χ0v) is 10.3. The van der Waals surface area contributed by atoms with Crippen LogP contribution in [-0.2, 0) is 16.6 Å². The van der Waals surface area contributed by atoms with Crippen molar-refractivity contribution in [3.8, 4) is 5.75 Å². The summed E-state index contributed by atoms with van der Waals surface area (Å²) in [5, 5.41) is 13.0. The fourth-order valence-corrected chi connectivity index (χ4v) is 2.41. The highest BCUT2D eigenvalue weighted by atomic mass is 32.2. The normalized spacial score (nSPS) is 11.6. The maximum Gasteiger partial charge on any atom is 0.244 e. The van der Waals surface area contributed by atoms with Crippen LogP contribution < -0.4 is 4.72 Å². The first-order chi connectivity index (χ1) is 8.49. The number of aromatic hydroxyl groups is 1. The Morgan fingerprint density at radius 1 is 1.39 bits per heavy atom. The molecule has 1 aromatic heterocycles. The summed E-state index contributed by atoms with van der Waals surface area (Å²) in [7, 11) is -3.80. The molecule has 0 saturated carbocycles. The molecular weight excluding hydrogens is 258 g/mol. The van der Waals surface area contributed by atoms with Gasteiger partial charge in [0.2, 0.25) is 15.9 Å². The number of nitrogens with one attached hydrogen (secondary N) is 1.